The molecule has 1 rings (SSSR count). The Bertz CT molecular complexity index is 180. The van der Waals surface area contributed by atoms with E-state index in [-0.39, 0.29) is 0 Å². The number of piperidine rings is 1. The molecule has 1 N–H and O–H groups in total. The normalized spacial score (nSPS) is 22.4. The van der Waals surface area contributed by atoms with Gasteiger partial charge in [-0.25, -0.2) is 0 Å². The molecule has 0 bridgehead atoms. The summed E-state index contributed by atoms with van der Waals surface area (Å²) in [6.45, 7) is 7.05. The number of nitrogens with one attached hydrogen (secondary N) is 1. The van der Waals surface area contributed by atoms with Gasteiger partial charge in [-0.1, -0.05) is 13.8 Å². The molecule has 3 nitrogen and oxygen atoms in total. The molecule has 0 aromatic carbocycles. The minimum atomic E-state index is 0.329. The molecule has 1 unspecified atom stereocenters. The van der Waals surface area contributed by atoms with Gasteiger partial charge in [-0.05, 0) is 25.8 Å². The van der Waals surface area contributed by atoms with Crippen molar-refractivity contribution in [3.63, 3.8) is 0 Å². The van der Waals surface area contributed by atoms with Crippen molar-refractivity contribution < 1.29 is 4.79 Å². The number of rotatable bonds is 4. The van der Waals surface area contributed by atoms with E-state index in [4.69, 9.17) is 0 Å². The Labute approximate surface area is 86.9 Å². The molecule has 0 aromatic heterocycles. The molecule has 0 radical (unpaired) electrons. The molecule has 0 spiro atoms. The SMILES string of the molecule is CCCC(=O)N1CCCC(NCC)C1. The van der Waals surface area contributed by atoms with Crippen LogP contribution in [-0.2, 0) is 4.79 Å². The molecule has 1 saturated heterocycles. The molecule has 0 saturated carbocycles. The van der Waals surface area contributed by atoms with E-state index in [0.717, 1.165) is 32.5 Å². The molecular formula is C11H22N2O. The monoisotopic (exact) mass is 198 g/mol. The Morgan fingerprint density at radius 3 is 2.93 bits per heavy atom. The molecule has 1 aliphatic rings. The van der Waals surface area contributed by atoms with Gasteiger partial charge in [-0.3, -0.25) is 4.79 Å². The smallest absolute Gasteiger partial charge is 0.222 e. The highest BCUT2D eigenvalue weighted by atomic mass is 16.2. The third kappa shape index (κ3) is 3.29. The summed E-state index contributed by atoms with van der Waals surface area (Å²) in [4.78, 5) is 13.7. The summed E-state index contributed by atoms with van der Waals surface area (Å²) in [5, 5.41) is 3.42. The summed E-state index contributed by atoms with van der Waals surface area (Å²) in [6.07, 6.45) is 4.02. The van der Waals surface area contributed by atoms with Crippen LogP contribution in [0.2, 0.25) is 0 Å². The van der Waals surface area contributed by atoms with Crippen LogP contribution in [0.5, 0.6) is 0 Å². The Morgan fingerprint density at radius 2 is 2.29 bits per heavy atom. The molecule has 0 aliphatic carbocycles. The van der Waals surface area contributed by atoms with E-state index in [1.165, 1.54) is 6.42 Å². The van der Waals surface area contributed by atoms with Gasteiger partial charge in [-0.15, -0.1) is 0 Å². The third-order valence-corrected chi connectivity index (χ3v) is 2.73. The summed E-state index contributed by atoms with van der Waals surface area (Å²) in [6, 6.07) is 0.523. The van der Waals surface area contributed by atoms with E-state index in [2.05, 4.69) is 19.2 Å². The molecule has 1 heterocycles. The predicted molar refractivity (Wildman–Crippen MR) is 58.2 cm³/mol. The lowest BCUT2D eigenvalue weighted by Crippen LogP contribution is -2.47. The van der Waals surface area contributed by atoms with Crippen LogP contribution in [0.25, 0.3) is 0 Å². The van der Waals surface area contributed by atoms with Crippen LogP contribution < -0.4 is 5.32 Å². The maximum atomic E-state index is 11.6. The summed E-state index contributed by atoms with van der Waals surface area (Å²) < 4.78 is 0. The number of likely N-dealkylation sites (tertiary alicyclic amines) is 1. The topological polar surface area (TPSA) is 32.3 Å². The van der Waals surface area contributed by atoms with Gasteiger partial charge in [0.15, 0.2) is 0 Å². The van der Waals surface area contributed by atoms with Crippen molar-refractivity contribution in [1.29, 1.82) is 0 Å². The highest BCUT2D eigenvalue weighted by molar-refractivity contribution is 5.76. The van der Waals surface area contributed by atoms with Crippen LogP contribution in [0.15, 0.2) is 0 Å². The largest absolute Gasteiger partial charge is 0.341 e. The second kappa shape index (κ2) is 6.02. The maximum Gasteiger partial charge on any atom is 0.222 e. The van der Waals surface area contributed by atoms with Crippen molar-refractivity contribution in [1.82, 2.24) is 10.2 Å². The predicted octanol–water partition coefficient (Wildman–Crippen LogP) is 1.39. The van der Waals surface area contributed by atoms with Gasteiger partial charge in [0.25, 0.3) is 0 Å². The van der Waals surface area contributed by atoms with Crippen molar-refractivity contribution in [2.24, 2.45) is 0 Å². The van der Waals surface area contributed by atoms with Crippen molar-refractivity contribution >= 4 is 5.91 Å². The van der Waals surface area contributed by atoms with Crippen LogP contribution >= 0.6 is 0 Å². The molecule has 1 aliphatic heterocycles. The van der Waals surface area contributed by atoms with Gasteiger partial charge in [0, 0.05) is 25.6 Å². The van der Waals surface area contributed by atoms with Crippen LogP contribution in [0.3, 0.4) is 0 Å². The maximum absolute atomic E-state index is 11.6. The molecule has 3 heteroatoms. The first-order valence-corrected chi connectivity index (χ1v) is 5.79. The molecule has 1 amide bonds. The second-order valence-electron chi connectivity index (χ2n) is 3.99. The third-order valence-electron chi connectivity index (χ3n) is 2.73. The Morgan fingerprint density at radius 1 is 1.50 bits per heavy atom. The Balaban J connectivity index is 2.35. The molecule has 14 heavy (non-hydrogen) atoms. The quantitative estimate of drug-likeness (QED) is 0.740. The fourth-order valence-electron chi connectivity index (χ4n) is 2.03. The molecule has 0 aromatic rings. The average Bonchev–Trinajstić information content (AvgIpc) is 2.19. The van der Waals surface area contributed by atoms with Crippen LogP contribution in [0, 0.1) is 0 Å². The summed E-state index contributed by atoms with van der Waals surface area (Å²) in [7, 11) is 0. The highest BCUT2D eigenvalue weighted by Crippen LogP contribution is 2.11. The minimum absolute atomic E-state index is 0.329. The second-order valence-corrected chi connectivity index (χ2v) is 3.99. The van der Waals surface area contributed by atoms with Gasteiger partial charge in [0.05, 0.1) is 0 Å². The van der Waals surface area contributed by atoms with E-state index in [9.17, 15) is 4.79 Å². The molecular weight excluding hydrogens is 176 g/mol. The van der Waals surface area contributed by atoms with E-state index in [1.54, 1.807) is 0 Å². The lowest BCUT2D eigenvalue weighted by Gasteiger charge is -2.33. The zero-order valence-corrected chi connectivity index (χ0v) is 9.38. The van der Waals surface area contributed by atoms with E-state index in [0.29, 0.717) is 18.4 Å². The number of hydrogen-bond donors (Lipinski definition) is 1. The molecule has 1 atom stereocenters. The Kier molecular flexibility index (Phi) is 4.94. The van der Waals surface area contributed by atoms with Gasteiger partial charge < -0.3 is 10.2 Å². The zero-order valence-electron chi connectivity index (χ0n) is 9.38. The fourth-order valence-corrected chi connectivity index (χ4v) is 2.03. The van der Waals surface area contributed by atoms with Crippen LogP contribution in [-0.4, -0.2) is 36.5 Å². The van der Waals surface area contributed by atoms with Crippen molar-refractivity contribution in [3.05, 3.63) is 0 Å². The number of amides is 1. The lowest BCUT2D eigenvalue weighted by molar-refractivity contribution is -0.132. The summed E-state index contributed by atoms with van der Waals surface area (Å²) in [5.41, 5.74) is 0. The van der Waals surface area contributed by atoms with E-state index >= 15 is 0 Å². The molecule has 82 valence electrons. The number of nitrogens with zero attached hydrogens (tertiary/aromatic N) is 1. The standard InChI is InChI=1S/C11H22N2O/c1-3-6-11(14)13-8-5-7-10(9-13)12-4-2/h10,12H,3-9H2,1-2H3. The Hall–Kier alpha value is -0.570. The number of carbonyl (C=O) groups excluding carboxylic acids is 1. The van der Waals surface area contributed by atoms with Crippen molar-refractivity contribution in [3.8, 4) is 0 Å². The summed E-state index contributed by atoms with van der Waals surface area (Å²) >= 11 is 0. The number of hydrogen-bond acceptors (Lipinski definition) is 2. The van der Waals surface area contributed by atoms with E-state index < -0.39 is 0 Å². The average molecular weight is 198 g/mol. The lowest BCUT2D eigenvalue weighted by atomic mass is 10.1. The van der Waals surface area contributed by atoms with Crippen molar-refractivity contribution in [2.75, 3.05) is 19.6 Å². The van der Waals surface area contributed by atoms with Gasteiger partial charge in [-0.2, -0.15) is 0 Å². The number of likely N-dealkylation sites (N-methyl/N-ethyl adjacent to an activating group) is 1. The first kappa shape index (κ1) is 11.5. The van der Waals surface area contributed by atoms with Gasteiger partial charge in [0.1, 0.15) is 0 Å². The highest BCUT2D eigenvalue weighted by Gasteiger charge is 2.21. The fraction of sp³-hybridized carbons (Fsp3) is 0.909. The van der Waals surface area contributed by atoms with Gasteiger partial charge in [0.2, 0.25) is 5.91 Å². The molecule has 1 fully saturated rings. The first-order chi connectivity index (χ1) is 6.77. The summed E-state index contributed by atoms with van der Waals surface area (Å²) in [5.74, 6) is 0.329. The van der Waals surface area contributed by atoms with E-state index in [1.807, 2.05) is 4.90 Å². The zero-order chi connectivity index (χ0) is 10.4. The first-order valence-electron chi connectivity index (χ1n) is 5.79. The van der Waals surface area contributed by atoms with Crippen LogP contribution in [0.1, 0.15) is 39.5 Å². The van der Waals surface area contributed by atoms with Gasteiger partial charge >= 0.3 is 0 Å². The number of carbonyl (C=O) groups is 1. The minimum Gasteiger partial charge on any atom is -0.341 e. The van der Waals surface area contributed by atoms with Crippen molar-refractivity contribution in [2.45, 2.75) is 45.6 Å². The van der Waals surface area contributed by atoms with Crippen LogP contribution in [0.4, 0.5) is 0 Å².